The summed E-state index contributed by atoms with van der Waals surface area (Å²) in [6.07, 6.45) is 4.69. The molecule has 3 heteroatoms. The predicted octanol–water partition coefficient (Wildman–Crippen LogP) is 2.31. The molecule has 0 heterocycles. The molecule has 0 rings (SSSR count). The molecular formula is C9H18ClNO. The minimum Gasteiger partial charge on any atom is -0.353 e. The van der Waals surface area contributed by atoms with Crippen molar-refractivity contribution < 1.29 is 4.79 Å². The lowest BCUT2D eigenvalue weighted by molar-refractivity contribution is -0.119. The topological polar surface area (TPSA) is 29.1 Å². The molecule has 0 unspecified atom stereocenters. The van der Waals surface area contributed by atoms with E-state index in [1.807, 2.05) is 6.92 Å². The summed E-state index contributed by atoms with van der Waals surface area (Å²) in [5.41, 5.74) is 0. The average Bonchev–Trinajstić information content (AvgIpc) is 2.05. The van der Waals surface area contributed by atoms with Gasteiger partial charge >= 0.3 is 0 Å². The third-order valence-corrected chi connectivity index (χ3v) is 2.01. The van der Waals surface area contributed by atoms with Gasteiger partial charge in [-0.05, 0) is 13.3 Å². The maximum absolute atomic E-state index is 10.8. The molecule has 1 amide bonds. The van der Waals surface area contributed by atoms with Crippen LogP contribution in [0, 0.1) is 0 Å². The zero-order valence-corrected chi connectivity index (χ0v) is 8.66. The Morgan fingerprint density at radius 3 is 2.67 bits per heavy atom. The normalized spacial score (nSPS) is 12.6. The molecule has 2 nitrogen and oxygen atoms in total. The van der Waals surface area contributed by atoms with Crippen LogP contribution in [0.15, 0.2) is 0 Å². The van der Waals surface area contributed by atoms with Gasteiger partial charge in [0.2, 0.25) is 5.91 Å². The third kappa shape index (κ3) is 6.47. The summed E-state index contributed by atoms with van der Waals surface area (Å²) in [5, 5.41) is 2.82. The van der Waals surface area contributed by atoms with Crippen molar-refractivity contribution in [1.82, 2.24) is 5.32 Å². The van der Waals surface area contributed by atoms with E-state index < -0.39 is 0 Å². The summed E-state index contributed by atoms with van der Waals surface area (Å²) in [7, 11) is 0. The fourth-order valence-corrected chi connectivity index (χ4v) is 1.16. The molecule has 0 fully saturated rings. The van der Waals surface area contributed by atoms with Gasteiger partial charge in [-0.25, -0.2) is 0 Å². The molecule has 0 aromatic carbocycles. The van der Waals surface area contributed by atoms with E-state index in [0.29, 0.717) is 0 Å². The minimum atomic E-state index is -0.0688. The summed E-state index contributed by atoms with van der Waals surface area (Å²) in [5.74, 6) is -0.00125. The summed E-state index contributed by atoms with van der Waals surface area (Å²) >= 11 is 5.35. The second-order valence-corrected chi connectivity index (χ2v) is 3.37. The van der Waals surface area contributed by atoms with Crippen LogP contribution in [0.1, 0.15) is 39.5 Å². The number of carbonyl (C=O) groups excluding carboxylic acids is 1. The van der Waals surface area contributed by atoms with E-state index in [9.17, 15) is 4.79 Å². The van der Waals surface area contributed by atoms with E-state index in [4.69, 9.17) is 11.6 Å². The minimum absolute atomic E-state index is 0.0676. The molecule has 0 aliphatic heterocycles. The molecule has 0 radical (unpaired) electrons. The van der Waals surface area contributed by atoms with Crippen molar-refractivity contribution in [3.05, 3.63) is 0 Å². The first-order valence-electron chi connectivity index (χ1n) is 4.56. The zero-order chi connectivity index (χ0) is 9.40. The van der Waals surface area contributed by atoms with Crippen LogP contribution in [0.25, 0.3) is 0 Å². The number of halogens is 1. The number of alkyl halides is 1. The highest BCUT2D eigenvalue weighted by Crippen LogP contribution is 2.02. The number of carbonyl (C=O) groups is 1. The quantitative estimate of drug-likeness (QED) is 0.507. The number of nitrogens with one attached hydrogen (secondary N) is 1. The van der Waals surface area contributed by atoms with E-state index in [1.54, 1.807) is 0 Å². The first kappa shape index (κ1) is 11.8. The van der Waals surface area contributed by atoms with E-state index in [2.05, 4.69) is 12.2 Å². The van der Waals surface area contributed by atoms with Gasteiger partial charge in [-0.15, -0.1) is 11.6 Å². The van der Waals surface area contributed by atoms with E-state index in [1.165, 1.54) is 19.3 Å². The van der Waals surface area contributed by atoms with E-state index in [-0.39, 0.29) is 17.8 Å². The van der Waals surface area contributed by atoms with Gasteiger partial charge in [-0.2, -0.15) is 0 Å². The Hall–Kier alpha value is -0.240. The van der Waals surface area contributed by atoms with Gasteiger partial charge in [0.25, 0.3) is 0 Å². The van der Waals surface area contributed by atoms with Crippen LogP contribution in [0.3, 0.4) is 0 Å². The molecule has 0 saturated heterocycles. The van der Waals surface area contributed by atoms with Gasteiger partial charge < -0.3 is 5.32 Å². The fourth-order valence-electron chi connectivity index (χ4n) is 1.09. The maximum Gasteiger partial charge on any atom is 0.235 e. The molecule has 1 atom stereocenters. The van der Waals surface area contributed by atoms with Crippen LogP contribution in [0.2, 0.25) is 0 Å². The highest BCUT2D eigenvalue weighted by Gasteiger charge is 2.04. The van der Waals surface area contributed by atoms with Crippen LogP contribution in [-0.2, 0) is 4.79 Å². The Kier molecular flexibility index (Phi) is 7.26. The van der Waals surface area contributed by atoms with Crippen molar-refractivity contribution in [1.29, 1.82) is 0 Å². The lowest BCUT2D eigenvalue weighted by Crippen LogP contribution is -2.33. The van der Waals surface area contributed by atoms with Gasteiger partial charge in [0, 0.05) is 6.04 Å². The van der Waals surface area contributed by atoms with Crippen LogP contribution < -0.4 is 5.32 Å². The summed E-state index contributed by atoms with van der Waals surface area (Å²) < 4.78 is 0. The highest BCUT2D eigenvalue weighted by atomic mass is 35.5. The molecule has 12 heavy (non-hydrogen) atoms. The Morgan fingerprint density at radius 2 is 2.17 bits per heavy atom. The van der Waals surface area contributed by atoms with Crippen molar-refractivity contribution >= 4 is 17.5 Å². The van der Waals surface area contributed by atoms with Gasteiger partial charge in [0.15, 0.2) is 0 Å². The molecule has 0 aromatic heterocycles. The SMILES string of the molecule is CCCCC[C@H](C)NC(=O)CCl. The highest BCUT2D eigenvalue weighted by molar-refractivity contribution is 6.27. The molecule has 0 aliphatic carbocycles. The monoisotopic (exact) mass is 191 g/mol. The van der Waals surface area contributed by atoms with Crippen molar-refractivity contribution in [2.75, 3.05) is 5.88 Å². The Balaban J connectivity index is 3.32. The smallest absolute Gasteiger partial charge is 0.235 e. The second-order valence-electron chi connectivity index (χ2n) is 3.10. The predicted molar refractivity (Wildman–Crippen MR) is 52.5 cm³/mol. The molecule has 0 spiro atoms. The van der Waals surface area contributed by atoms with E-state index in [0.717, 1.165) is 6.42 Å². The van der Waals surface area contributed by atoms with Crippen LogP contribution in [0.5, 0.6) is 0 Å². The Labute approximate surface area is 79.7 Å². The number of unbranched alkanes of at least 4 members (excludes halogenated alkanes) is 2. The Bertz CT molecular complexity index is 128. The summed E-state index contributed by atoms with van der Waals surface area (Å²) in [6.45, 7) is 4.18. The second kappa shape index (κ2) is 7.41. The summed E-state index contributed by atoms with van der Waals surface area (Å²) in [6, 6.07) is 0.266. The largest absolute Gasteiger partial charge is 0.353 e. The molecular weight excluding hydrogens is 174 g/mol. The molecule has 0 saturated carbocycles. The zero-order valence-electron chi connectivity index (χ0n) is 7.90. The van der Waals surface area contributed by atoms with Gasteiger partial charge in [0.1, 0.15) is 5.88 Å². The van der Waals surface area contributed by atoms with Crippen molar-refractivity contribution in [2.24, 2.45) is 0 Å². The molecule has 1 N–H and O–H groups in total. The Morgan fingerprint density at radius 1 is 1.50 bits per heavy atom. The van der Waals surface area contributed by atoms with Crippen LogP contribution in [0.4, 0.5) is 0 Å². The molecule has 72 valence electrons. The number of hydrogen-bond acceptors (Lipinski definition) is 1. The average molecular weight is 192 g/mol. The fraction of sp³-hybridized carbons (Fsp3) is 0.889. The summed E-state index contributed by atoms with van der Waals surface area (Å²) in [4.78, 5) is 10.8. The number of rotatable bonds is 6. The first-order chi connectivity index (χ1) is 5.70. The van der Waals surface area contributed by atoms with E-state index >= 15 is 0 Å². The van der Waals surface area contributed by atoms with Crippen molar-refractivity contribution in [2.45, 2.75) is 45.6 Å². The maximum atomic E-state index is 10.8. The molecule has 0 bridgehead atoms. The number of hydrogen-bond donors (Lipinski definition) is 1. The van der Waals surface area contributed by atoms with Crippen LogP contribution in [-0.4, -0.2) is 17.8 Å². The van der Waals surface area contributed by atoms with Gasteiger partial charge in [-0.3, -0.25) is 4.79 Å². The lowest BCUT2D eigenvalue weighted by atomic mass is 10.1. The van der Waals surface area contributed by atoms with Crippen molar-refractivity contribution in [3.63, 3.8) is 0 Å². The standard InChI is InChI=1S/C9H18ClNO/c1-3-4-5-6-8(2)11-9(12)7-10/h8H,3-7H2,1-2H3,(H,11,12)/t8-/m0/s1. The third-order valence-electron chi connectivity index (χ3n) is 1.77. The van der Waals surface area contributed by atoms with Crippen LogP contribution >= 0.6 is 11.6 Å². The molecule has 0 aromatic rings. The van der Waals surface area contributed by atoms with Gasteiger partial charge in [-0.1, -0.05) is 26.2 Å². The first-order valence-corrected chi connectivity index (χ1v) is 5.09. The van der Waals surface area contributed by atoms with Gasteiger partial charge in [0.05, 0.1) is 0 Å². The van der Waals surface area contributed by atoms with Crippen molar-refractivity contribution in [3.8, 4) is 0 Å². The lowest BCUT2D eigenvalue weighted by Gasteiger charge is -2.11. The number of amides is 1. The molecule has 0 aliphatic rings.